The van der Waals surface area contributed by atoms with E-state index in [0.717, 1.165) is 0 Å². The Labute approximate surface area is 88.0 Å². The number of Topliss-reactive ketones (excluding diaryl/α,β-unsaturated/α-hetero) is 1. The molecule has 1 aliphatic rings. The van der Waals surface area contributed by atoms with E-state index in [1.807, 2.05) is 0 Å². The van der Waals surface area contributed by atoms with Crippen molar-refractivity contribution in [2.24, 2.45) is 11.3 Å². The maximum Gasteiger partial charge on any atom is 0.248 e. The van der Waals surface area contributed by atoms with Gasteiger partial charge in [0.25, 0.3) is 0 Å². The Morgan fingerprint density at radius 3 is 2.00 bits per heavy atom. The van der Waals surface area contributed by atoms with Gasteiger partial charge in [0.15, 0.2) is 0 Å². The fraction of sp³-hybridized carbons (Fsp3) is 0.909. The second-order valence-electron chi connectivity index (χ2n) is 4.79. The Bertz CT molecular complexity index is 238. The van der Waals surface area contributed by atoms with Crippen molar-refractivity contribution in [1.82, 2.24) is 0 Å². The van der Waals surface area contributed by atoms with Gasteiger partial charge in [0.2, 0.25) is 5.92 Å². The molecule has 0 N–H and O–H groups in total. The first-order valence-electron chi connectivity index (χ1n) is 5.31. The summed E-state index contributed by atoms with van der Waals surface area (Å²) in [7, 11) is 0. The standard InChI is InChI=1S/C11H17F3O/c1-8(2)9(15)10(7-12)3-5-11(13,14)6-4-10/h8H,3-7H2,1-2H3. The average molecular weight is 222 g/mol. The highest BCUT2D eigenvalue weighted by Crippen LogP contribution is 2.45. The van der Waals surface area contributed by atoms with Crippen molar-refractivity contribution < 1.29 is 18.0 Å². The third-order valence-electron chi connectivity index (χ3n) is 3.24. The van der Waals surface area contributed by atoms with Crippen LogP contribution in [0.3, 0.4) is 0 Å². The van der Waals surface area contributed by atoms with Crippen LogP contribution in [0, 0.1) is 11.3 Å². The maximum atomic E-state index is 12.9. The maximum absolute atomic E-state index is 12.9. The van der Waals surface area contributed by atoms with E-state index in [2.05, 4.69) is 0 Å². The molecule has 15 heavy (non-hydrogen) atoms. The molecule has 88 valence electrons. The number of halogens is 3. The molecule has 0 aromatic heterocycles. The molecule has 0 aliphatic heterocycles. The van der Waals surface area contributed by atoms with Crippen LogP contribution >= 0.6 is 0 Å². The average Bonchev–Trinajstić information content (AvgIpc) is 2.18. The van der Waals surface area contributed by atoms with E-state index >= 15 is 0 Å². The number of alkyl halides is 3. The van der Waals surface area contributed by atoms with Crippen LogP contribution in [0.15, 0.2) is 0 Å². The summed E-state index contributed by atoms with van der Waals surface area (Å²) >= 11 is 0. The summed E-state index contributed by atoms with van der Waals surface area (Å²) in [6.07, 6.45) is -0.772. The molecule has 1 fully saturated rings. The molecule has 1 saturated carbocycles. The highest BCUT2D eigenvalue weighted by atomic mass is 19.3. The van der Waals surface area contributed by atoms with Crippen LogP contribution in [0.5, 0.6) is 0 Å². The van der Waals surface area contributed by atoms with Gasteiger partial charge in [-0.15, -0.1) is 0 Å². The summed E-state index contributed by atoms with van der Waals surface area (Å²) in [4.78, 5) is 11.8. The van der Waals surface area contributed by atoms with Gasteiger partial charge in [0, 0.05) is 18.8 Å². The van der Waals surface area contributed by atoms with Gasteiger partial charge in [-0.3, -0.25) is 9.18 Å². The minimum atomic E-state index is -2.71. The Morgan fingerprint density at radius 1 is 1.20 bits per heavy atom. The molecule has 0 amide bonds. The zero-order valence-electron chi connectivity index (χ0n) is 9.16. The summed E-state index contributed by atoms with van der Waals surface area (Å²) in [6, 6.07) is 0. The summed E-state index contributed by atoms with van der Waals surface area (Å²) in [5, 5.41) is 0. The molecule has 1 aliphatic carbocycles. The van der Waals surface area contributed by atoms with Crippen molar-refractivity contribution in [1.29, 1.82) is 0 Å². The lowest BCUT2D eigenvalue weighted by atomic mass is 9.68. The molecule has 0 saturated heterocycles. The summed E-state index contributed by atoms with van der Waals surface area (Å²) < 4.78 is 38.8. The van der Waals surface area contributed by atoms with Gasteiger partial charge >= 0.3 is 0 Å². The number of hydrogen-bond acceptors (Lipinski definition) is 1. The molecule has 0 unspecified atom stereocenters. The SMILES string of the molecule is CC(C)C(=O)C1(CF)CCC(F)(F)CC1. The van der Waals surface area contributed by atoms with Crippen molar-refractivity contribution in [2.45, 2.75) is 45.5 Å². The smallest absolute Gasteiger partial charge is 0.248 e. The topological polar surface area (TPSA) is 17.1 Å². The Morgan fingerprint density at radius 2 is 1.67 bits per heavy atom. The van der Waals surface area contributed by atoms with Crippen LogP contribution in [-0.2, 0) is 4.79 Å². The van der Waals surface area contributed by atoms with Gasteiger partial charge in [0.1, 0.15) is 12.5 Å². The zero-order valence-corrected chi connectivity index (χ0v) is 9.16. The lowest BCUT2D eigenvalue weighted by Crippen LogP contribution is -2.42. The summed E-state index contributed by atoms with van der Waals surface area (Å²) in [6.45, 7) is 2.57. The fourth-order valence-corrected chi connectivity index (χ4v) is 2.15. The normalized spacial score (nSPS) is 24.1. The molecule has 1 nitrogen and oxygen atoms in total. The van der Waals surface area contributed by atoms with Gasteiger partial charge in [-0.1, -0.05) is 13.8 Å². The lowest BCUT2D eigenvalue weighted by molar-refractivity contribution is -0.141. The largest absolute Gasteiger partial charge is 0.299 e. The second-order valence-corrected chi connectivity index (χ2v) is 4.79. The van der Waals surface area contributed by atoms with Crippen molar-refractivity contribution >= 4 is 5.78 Å². The van der Waals surface area contributed by atoms with Crippen LogP contribution in [0.25, 0.3) is 0 Å². The molecule has 0 atom stereocenters. The van der Waals surface area contributed by atoms with Crippen LogP contribution < -0.4 is 0 Å². The lowest BCUT2D eigenvalue weighted by Gasteiger charge is -2.37. The first-order chi connectivity index (χ1) is 6.83. The van der Waals surface area contributed by atoms with Gasteiger partial charge < -0.3 is 0 Å². The van der Waals surface area contributed by atoms with Gasteiger partial charge in [-0.25, -0.2) is 8.78 Å². The van der Waals surface area contributed by atoms with Crippen molar-refractivity contribution in [3.05, 3.63) is 0 Å². The van der Waals surface area contributed by atoms with E-state index in [4.69, 9.17) is 0 Å². The number of rotatable bonds is 3. The van der Waals surface area contributed by atoms with E-state index in [9.17, 15) is 18.0 Å². The van der Waals surface area contributed by atoms with E-state index in [1.165, 1.54) is 0 Å². The Hall–Kier alpha value is -0.540. The quantitative estimate of drug-likeness (QED) is 0.715. The van der Waals surface area contributed by atoms with Crippen LogP contribution in [0.2, 0.25) is 0 Å². The molecule has 0 aromatic carbocycles. The minimum absolute atomic E-state index is 0.0203. The van der Waals surface area contributed by atoms with Gasteiger partial charge in [-0.05, 0) is 12.8 Å². The predicted octanol–water partition coefficient (Wildman–Crippen LogP) is 3.38. The molecule has 0 spiro atoms. The first kappa shape index (κ1) is 12.5. The molecule has 0 aromatic rings. The Kier molecular flexibility index (Phi) is 3.46. The number of hydrogen-bond donors (Lipinski definition) is 0. The minimum Gasteiger partial charge on any atom is -0.299 e. The summed E-state index contributed by atoms with van der Waals surface area (Å²) in [5.41, 5.74) is -1.13. The second kappa shape index (κ2) is 4.14. The monoisotopic (exact) mass is 222 g/mol. The molecule has 0 heterocycles. The van der Waals surface area contributed by atoms with Crippen LogP contribution in [-0.4, -0.2) is 18.4 Å². The van der Waals surface area contributed by atoms with E-state index in [-0.39, 0.29) is 37.4 Å². The van der Waals surface area contributed by atoms with Crippen molar-refractivity contribution in [3.63, 3.8) is 0 Å². The summed E-state index contributed by atoms with van der Waals surface area (Å²) in [5.74, 6) is -3.20. The van der Waals surface area contributed by atoms with Gasteiger partial charge in [-0.2, -0.15) is 0 Å². The Balaban J connectivity index is 2.77. The van der Waals surface area contributed by atoms with E-state index < -0.39 is 18.0 Å². The fourth-order valence-electron chi connectivity index (χ4n) is 2.15. The molecule has 4 heteroatoms. The van der Waals surface area contributed by atoms with E-state index in [0.29, 0.717) is 0 Å². The molecule has 0 radical (unpaired) electrons. The number of carbonyl (C=O) groups excluding carboxylic acids is 1. The van der Waals surface area contributed by atoms with Crippen LogP contribution in [0.4, 0.5) is 13.2 Å². The van der Waals surface area contributed by atoms with Gasteiger partial charge in [0.05, 0.1) is 5.41 Å². The highest BCUT2D eigenvalue weighted by Gasteiger charge is 2.48. The van der Waals surface area contributed by atoms with Crippen molar-refractivity contribution in [3.8, 4) is 0 Å². The molecular formula is C11H17F3O. The highest BCUT2D eigenvalue weighted by molar-refractivity contribution is 5.86. The predicted molar refractivity (Wildman–Crippen MR) is 51.7 cm³/mol. The molecular weight excluding hydrogens is 205 g/mol. The number of carbonyl (C=O) groups is 1. The molecule has 0 bridgehead atoms. The first-order valence-corrected chi connectivity index (χ1v) is 5.31. The van der Waals surface area contributed by atoms with Crippen LogP contribution in [0.1, 0.15) is 39.5 Å². The number of ketones is 1. The zero-order chi connectivity index (χ0) is 11.7. The molecule has 1 rings (SSSR count). The van der Waals surface area contributed by atoms with E-state index in [1.54, 1.807) is 13.8 Å². The van der Waals surface area contributed by atoms with Crippen molar-refractivity contribution in [2.75, 3.05) is 6.67 Å². The third-order valence-corrected chi connectivity index (χ3v) is 3.24. The third kappa shape index (κ3) is 2.52.